The number of hydrogen-bond donors (Lipinski definition) is 4. The number of anilines is 3. The molecule has 0 radical (unpaired) electrons. The first-order valence-corrected chi connectivity index (χ1v) is 12.1. The molecule has 2 aliphatic heterocycles. The first kappa shape index (κ1) is 26.2. The third-order valence-electron chi connectivity index (χ3n) is 6.36. The fraction of sp³-hybridized carbons (Fsp3) is 0.375. The average molecular weight is 553 g/mol. The van der Waals surface area contributed by atoms with Crippen LogP contribution in [0.5, 0.6) is 5.88 Å². The Hall–Kier alpha value is -3.39. The van der Waals surface area contributed by atoms with Crippen molar-refractivity contribution < 1.29 is 33.2 Å². The number of ether oxygens (including phenoxy) is 1. The summed E-state index contributed by atoms with van der Waals surface area (Å²) in [5.41, 5.74) is 0.202. The summed E-state index contributed by atoms with van der Waals surface area (Å²) >= 11 is 6.50. The predicted octanol–water partition coefficient (Wildman–Crippen LogP) is 2.73. The van der Waals surface area contributed by atoms with Gasteiger partial charge in [0.05, 0.1) is 34.6 Å². The number of aliphatic hydroxyl groups excluding tert-OH is 3. The van der Waals surface area contributed by atoms with Crippen molar-refractivity contribution in [3.63, 3.8) is 0 Å². The summed E-state index contributed by atoms with van der Waals surface area (Å²) in [4.78, 5) is 16.4. The van der Waals surface area contributed by atoms with Gasteiger partial charge < -0.3 is 35.2 Å². The van der Waals surface area contributed by atoms with Gasteiger partial charge in [-0.3, -0.25) is 0 Å². The number of pyridine rings is 1. The molecular formula is C24H24ClF3N6O4. The molecule has 3 atom stereocenters. The Kier molecular flexibility index (Phi) is 7.18. The number of aromatic nitrogens is 3. The molecule has 2 aromatic heterocycles. The van der Waals surface area contributed by atoms with Gasteiger partial charge in [-0.05, 0) is 24.6 Å². The van der Waals surface area contributed by atoms with E-state index < -0.39 is 30.8 Å². The van der Waals surface area contributed by atoms with Crippen LogP contribution in [0.2, 0.25) is 5.02 Å². The molecule has 1 saturated heterocycles. The number of nitrogens with one attached hydrogen (secondary N) is 1. The lowest BCUT2D eigenvalue weighted by Gasteiger charge is -2.40. The molecule has 3 aromatic rings. The van der Waals surface area contributed by atoms with Gasteiger partial charge in [0, 0.05) is 24.7 Å². The largest absolute Gasteiger partial charge is 0.475 e. The quantitative estimate of drug-likeness (QED) is 0.310. The van der Waals surface area contributed by atoms with E-state index in [1.165, 1.54) is 24.5 Å². The molecule has 1 aromatic carbocycles. The number of alkyl halides is 3. The third-order valence-corrected chi connectivity index (χ3v) is 6.65. The summed E-state index contributed by atoms with van der Waals surface area (Å²) < 4.78 is 45.3. The van der Waals surface area contributed by atoms with E-state index in [9.17, 15) is 23.4 Å². The van der Waals surface area contributed by atoms with Crippen molar-refractivity contribution >= 4 is 28.9 Å². The molecule has 0 spiro atoms. The summed E-state index contributed by atoms with van der Waals surface area (Å²) in [5.74, 6) is 0.701. The molecule has 2 aliphatic rings. The summed E-state index contributed by atoms with van der Waals surface area (Å²) in [6.07, 6.45) is -4.99. The van der Waals surface area contributed by atoms with Crippen LogP contribution in [0, 0.1) is 0 Å². The van der Waals surface area contributed by atoms with Crippen LogP contribution in [0.3, 0.4) is 0 Å². The normalized spacial score (nSPS) is 18.2. The van der Waals surface area contributed by atoms with Crippen molar-refractivity contribution in [2.75, 3.05) is 41.4 Å². The lowest BCUT2D eigenvalue weighted by atomic mass is 10.1. The van der Waals surface area contributed by atoms with E-state index in [1.54, 1.807) is 11.0 Å². The van der Waals surface area contributed by atoms with Gasteiger partial charge in [-0.15, -0.1) is 0 Å². The van der Waals surface area contributed by atoms with Gasteiger partial charge in [0.2, 0.25) is 12.2 Å². The maximum Gasteiger partial charge on any atom is 0.416 e. The Bertz CT molecular complexity index is 1320. The molecule has 0 aliphatic carbocycles. The third kappa shape index (κ3) is 5.27. The lowest BCUT2D eigenvalue weighted by molar-refractivity contribution is -0.137. The summed E-state index contributed by atoms with van der Waals surface area (Å²) in [7, 11) is 0. The Morgan fingerprint density at radius 3 is 2.76 bits per heavy atom. The standard InChI is InChI=1S/C24H24ClF3N6O4/c25-17-7-18-22(32-21(17)13-2-1-3-14(6-13)24(26,27)28)34(15-4-5-33(18)9-15)23(37)31-19-8-20(30-12-29-19)38-11-16(36)10-35/h1-3,6-8,12,15-16,23,35-37H,4-5,9-11H2,(H,29,30,31)/t15-,16-,23?/m0/s1. The second kappa shape index (κ2) is 10.4. The van der Waals surface area contributed by atoms with Gasteiger partial charge in [0.1, 0.15) is 24.9 Å². The van der Waals surface area contributed by atoms with Gasteiger partial charge in [-0.2, -0.15) is 13.2 Å². The van der Waals surface area contributed by atoms with Crippen molar-refractivity contribution in [3.05, 3.63) is 53.3 Å². The molecule has 1 fully saturated rings. The number of hydrogen-bond acceptors (Lipinski definition) is 10. The fourth-order valence-corrected chi connectivity index (χ4v) is 4.80. The smallest absolute Gasteiger partial charge is 0.416 e. The maximum atomic E-state index is 13.3. The van der Waals surface area contributed by atoms with Crippen LogP contribution in [0.1, 0.15) is 12.0 Å². The van der Waals surface area contributed by atoms with Gasteiger partial charge >= 0.3 is 6.18 Å². The minimum atomic E-state index is -4.52. The molecule has 4 N–H and O–H groups in total. The molecule has 38 heavy (non-hydrogen) atoms. The van der Waals surface area contributed by atoms with Crippen LogP contribution in [0.4, 0.5) is 30.5 Å². The van der Waals surface area contributed by atoms with Crippen molar-refractivity contribution in [3.8, 4) is 17.1 Å². The highest BCUT2D eigenvalue weighted by Crippen LogP contribution is 2.44. The van der Waals surface area contributed by atoms with Crippen LogP contribution >= 0.6 is 11.6 Å². The molecule has 0 amide bonds. The van der Waals surface area contributed by atoms with E-state index in [1.807, 2.05) is 0 Å². The van der Waals surface area contributed by atoms with Gasteiger partial charge in [0.15, 0.2) is 5.82 Å². The monoisotopic (exact) mass is 552 g/mol. The molecule has 5 rings (SSSR count). The summed E-state index contributed by atoms with van der Waals surface area (Å²) in [6.45, 7) is 0.640. The molecule has 0 saturated carbocycles. The van der Waals surface area contributed by atoms with Crippen LogP contribution in [-0.4, -0.2) is 75.1 Å². The average Bonchev–Trinajstić information content (AvgIpc) is 3.31. The van der Waals surface area contributed by atoms with Crippen LogP contribution in [0.25, 0.3) is 11.3 Å². The highest BCUT2D eigenvalue weighted by molar-refractivity contribution is 6.33. The first-order valence-electron chi connectivity index (χ1n) is 11.7. The number of rotatable bonds is 8. The summed E-state index contributed by atoms with van der Waals surface area (Å²) in [6, 6.07) is 7.71. The van der Waals surface area contributed by atoms with E-state index in [-0.39, 0.29) is 40.6 Å². The first-order chi connectivity index (χ1) is 18.1. The Morgan fingerprint density at radius 2 is 2.00 bits per heavy atom. The minimum absolute atomic E-state index is 0.116. The number of benzene rings is 1. The highest BCUT2D eigenvalue weighted by atomic mass is 35.5. The summed E-state index contributed by atoms with van der Waals surface area (Å²) in [5, 5.41) is 32.7. The molecule has 14 heteroatoms. The van der Waals surface area contributed by atoms with E-state index in [0.717, 1.165) is 12.1 Å². The minimum Gasteiger partial charge on any atom is -0.475 e. The molecule has 1 unspecified atom stereocenters. The highest BCUT2D eigenvalue weighted by Gasteiger charge is 2.41. The second-order valence-electron chi connectivity index (χ2n) is 8.94. The molecular weight excluding hydrogens is 529 g/mol. The zero-order valence-electron chi connectivity index (χ0n) is 19.8. The lowest BCUT2D eigenvalue weighted by Crippen LogP contribution is -2.51. The molecule has 202 valence electrons. The second-order valence-corrected chi connectivity index (χ2v) is 9.35. The molecule has 4 heterocycles. The van der Waals surface area contributed by atoms with Crippen molar-refractivity contribution in [1.82, 2.24) is 15.0 Å². The molecule has 2 bridgehead atoms. The fourth-order valence-electron chi connectivity index (χ4n) is 4.55. The zero-order valence-corrected chi connectivity index (χ0v) is 20.6. The maximum absolute atomic E-state index is 13.3. The number of fused-ring (bicyclic) bond motifs is 4. The topological polar surface area (TPSA) is 127 Å². The Labute approximate surface area is 220 Å². The van der Waals surface area contributed by atoms with E-state index in [0.29, 0.717) is 31.0 Å². The van der Waals surface area contributed by atoms with Crippen LogP contribution in [0.15, 0.2) is 42.7 Å². The predicted molar refractivity (Wildman–Crippen MR) is 133 cm³/mol. The van der Waals surface area contributed by atoms with Crippen molar-refractivity contribution in [2.45, 2.75) is 31.1 Å². The van der Waals surface area contributed by atoms with Crippen LogP contribution < -0.4 is 19.9 Å². The number of nitrogens with zero attached hydrogens (tertiary/aromatic N) is 5. The van der Waals surface area contributed by atoms with Crippen molar-refractivity contribution in [1.29, 1.82) is 0 Å². The van der Waals surface area contributed by atoms with E-state index >= 15 is 0 Å². The molecule has 10 nitrogen and oxygen atoms in total. The zero-order chi connectivity index (χ0) is 27.0. The van der Waals surface area contributed by atoms with E-state index in [2.05, 4.69) is 25.2 Å². The Morgan fingerprint density at radius 1 is 1.18 bits per heavy atom. The van der Waals surface area contributed by atoms with Gasteiger partial charge in [-0.1, -0.05) is 23.7 Å². The Balaban J connectivity index is 1.45. The van der Waals surface area contributed by atoms with Crippen LogP contribution in [-0.2, 0) is 6.18 Å². The SMILES string of the molecule is OC[C@H](O)COc1cc(NC(O)N2c3nc(-c4cccc(C(F)(F)F)c4)c(Cl)cc3N3CC[C@H]2C3)ncn1. The van der Waals surface area contributed by atoms with Crippen molar-refractivity contribution in [2.24, 2.45) is 0 Å². The number of aliphatic hydroxyl groups is 3. The van der Waals surface area contributed by atoms with Gasteiger partial charge in [-0.25, -0.2) is 15.0 Å². The number of halogens is 4. The van der Waals surface area contributed by atoms with Gasteiger partial charge in [0.25, 0.3) is 0 Å². The van der Waals surface area contributed by atoms with E-state index in [4.69, 9.17) is 21.4 Å².